The van der Waals surface area contributed by atoms with Crippen molar-refractivity contribution in [1.29, 1.82) is 0 Å². The van der Waals surface area contributed by atoms with Gasteiger partial charge in [0.2, 0.25) is 0 Å². The van der Waals surface area contributed by atoms with E-state index in [1.165, 1.54) is 0 Å². The Balaban J connectivity index is 2.24. The molecule has 0 aliphatic carbocycles. The van der Waals surface area contributed by atoms with Gasteiger partial charge in [0, 0.05) is 19.2 Å². The van der Waals surface area contributed by atoms with Crippen molar-refractivity contribution < 1.29 is 14.3 Å². The average Bonchev–Trinajstić information content (AvgIpc) is 2.59. The van der Waals surface area contributed by atoms with E-state index < -0.39 is 0 Å². The molecule has 0 aliphatic heterocycles. The molecule has 0 saturated carbocycles. The van der Waals surface area contributed by atoms with Crippen LogP contribution in [0.5, 0.6) is 11.5 Å². The van der Waals surface area contributed by atoms with Crippen LogP contribution < -0.4 is 9.47 Å². The second-order valence-corrected chi connectivity index (χ2v) is 4.87. The molecule has 4 nitrogen and oxygen atoms in total. The molecule has 0 aromatic heterocycles. The summed E-state index contributed by atoms with van der Waals surface area (Å²) in [6, 6.07) is 15.2. The molecule has 0 unspecified atom stereocenters. The van der Waals surface area contributed by atoms with Crippen LogP contribution in [0.1, 0.15) is 22.8 Å². The van der Waals surface area contributed by atoms with Crippen LogP contribution in [0, 0.1) is 0 Å². The van der Waals surface area contributed by atoms with Gasteiger partial charge in [-0.25, -0.2) is 0 Å². The second kappa shape index (κ2) is 7.50. The molecule has 116 valence electrons. The van der Waals surface area contributed by atoms with Crippen molar-refractivity contribution >= 4 is 5.91 Å². The van der Waals surface area contributed by atoms with E-state index in [2.05, 4.69) is 0 Å². The number of benzene rings is 2. The van der Waals surface area contributed by atoms with E-state index in [0.717, 1.165) is 5.56 Å². The summed E-state index contributed by atoms with van der Waals surface area (Å²) < 4.78 is 10.5. The highest BCUT2D eigenvalue weighted by Gasteiger charge is 2.19. The van der Waals surface area contributed by atoms with Gasteiger partial charge in [-0.15, -0.1) is 0 Å². The van der Waals surface area contributed by atoms with Crippen molar-refractivity contribution in [2.45, 2.75) is 13.5 Å². The molecule has 0 radical (unpaired) electrons. The van der Waals surface area contributed by atoms with Crippen LogP contribution in [-0.2, 0) is 6.54 Å². The Hall–Kier alpha value is -2.49. The predicted molar refractivity (Wildman–Crippen MR) is 86.4 cm³/mol. The molecule has 2 aromatic carbocycles. The van der Waals surface area contributed by atoms with Gasteiger partial charge >= 0.3 is 0 Å². The lowest BCUT2D eigenvalue weighted by Gasteiger charge is -2.22. The van der Waals surface area contributed by atoms with Gasteiger partial charge in [-0.1, -0.05) is 30.3 Å². The van der Waals surface area contributed by atoms with Gasteiger partial charge in [0.25, 0.3) is 5.91 Å². The van der Waals surface area contributed by atoms with Gasteiger partial charge in [0.05, 0.1) is 19.8 Å². The maximum absolute atomic E-state index is 12.8. The van der Waals surface area contributed by atoms with Crippen LogP contribution in [0.3, 0.4) is 0 Å². The van der Waals surface area contributed by atoms with Crippen molar-refractivity contribution in [2.75, 3.05) is 20.8 Å². The Morgan fingerprint density at radius 1 is 1.05 bits per heavy atom. The van der Waals surface area contributed by atoms with Gasteiger partial charge in [0.15, 0.2) is 0 Å². The summed E-state index contributed by atoms with van der Waals surface area (Å²) in [6.07, 6.45) is 0. The third-order valence-electron chi connectivity index (χ3n) is 3.52. The van der Waals surface area contributed by atoms with E-state index in [1.807, 2.05) is 37.3 Å². The summed E-state index contributed by atoms with van der Waals surface area (Å²) in [5, 5.41) is 0. The van der Waals surface area contributed by atoms with E-state index in [-0.39, 0.29) is 5.91 Å². The minimum absolute atomic E-state index is 0.0501. The van der Waals surface area contributed by atoms with Gasteiger partial charge in [-0.2, -0.15) is 0 Å². The first-order valence-electron chi connectivity index (χ1n) is 7.24. The van der Waals surface area contributed by atoms with Gasteiger partial charge in [-0.3, -0.25) is 4.79 Å². The summed E-state index contributed by atoms with van der Waals surface area (Å²) in [5.74, 6) is 1.14. The van der Waals surface area contributed by atoms with E-state index in [0.29, 0.717) is 30.2 Å². The number of hydrogen-bond acceptors (Lipinski definition) is 3. The van der Waals surface area contributed by atoms with Crippen LogP contribution in [0.25, 0.3) is 0 Å². The second-order valence-electron chi connectivity index (χ2n) is 4.87. The summed E-state index contributed by atoms with van der Waals surface area (Å²) in [5.41, 5.74) is 1.64. The molecule has 1 amide bonds. The average molecular weight is 299 g/mol. The van der Waals surface area contributed by atoms with Gasteiger partial charge < -0.3 is 14.4 Å². The molecule has 22 heavy (non-hydrogen) atoms. The Labute approximate surface area is 131 Å². The van der Waals surface area contributed by atoms with Gasteiger partial charge in [-0.05, 0) is 24.6 Å². The lowest BCUT2D eigenvalue weighted by atomic mass is 10.1. The Morgan fingerprint density at radius 3 is 2.36 bits per heavy atom. The van der Waals surface area contributed by atoms with Crippen molar-refractivity contribution in [3.8, 4) is 11.5 Å². The number of methoxy groups -OCH3 is 2. The highest BCUT2D eigenvalue weighted by atomic mass is 16.5. The SMILES string of the molecule is CCN(Cc1ccccc1)C(=O)c1ccc(OC)cc1OC. The molecule has 0 saturated heterocycles. The monoisotopic (exact) mass is 299 g/mol. The zero-order valence-corrected chi connectivity index (χ0v) is 13.2. The fraction of sp³-hybridized carbons (Fsp3) is 0.278. The van der Waals surface area contributed by atoms with E-state index in [9.17, 15) is 4.79 Å². The molecule has 2 rings (SSSR count). The van der Waals surface area contributed by atoms with Crippen molar-refractivity contribution in [2.24, 2.45) is 0 Å². The van der Waals surface area contributed by atoms with Gasteiger partial charge in [0.1, 0.15) is 11.5 Å². The molecule has 2 aromatic rings. The topological polar surface area (TPSA) is 38.8 Å². The molecule has 0 atom stereocenters. The van der Waals surface area contributed by atoms with Crippen LogP contribution >= 0.6 is 0 Å². The smallest absolute Gasteiger partial charge is 0.257 e. The molecule has 0 bridgehead atoms. The summed E-state index contributed by atoms with van der Waals surface area (Å²) >= 11 is 0. The Kier molecular flexibility index (Phi) is 5.42. The zero-order chi connectivity index (χ0) is 15.9. The Bertz CT molecular complexity index is 625. The molecule has 4 heteroatoms. The largest absolute Gasteiger partial charge is 0.497 e. The molecule has 0 N–H and O–H groups in total. The fourth-order valence-corrected chi connectivity index (χ4v) is 2.28. The van der Waals surface area contributed by atoms with Crippen molar-refractivity contribution in [1.82, 2.24) is 4.90 Å². The van der Waals surface area contributed by atoms with Crippen LogP contribution in [-0.4, -0.2) is 31.6 Å². The first kappa shape index (κ1) is 15.9. The molecular weight excluding hydrogens is 278 g/mol. The lowest BCUT2D eigenvalue weighted by molar-refractivity contribution is 0.0749. The number of carbonyl (C=O) groups excluding carboxylic acids is 1. The number of rotatable bonds is 6. The quantitative estimate of drug-likeness (QED) is 0.821. The molecule has 0 spiro atoms. The molecule has 0 fully saturated rings. The first-order chi connectivity index (χ1) is 10.7. The minimum atomic E-state index is -0.0501. The predicted octanol–water partition coefficient (Wildman–Crippen LogP) is 3.37. The third-order valence-corrected chi connectivity index (χ3v) is 3.52. The van der Waals surface area contributed by atoms with Crippen LogP contribution in [0.2, 0.25) is 0 Å². The van der Waals surface area contributed by atoms with E-state index in [4.69, 9.17) is 9.47 Å². The van der Waals surface area contributed by atoms with Crippen LogP contribution in [0.4, 0.5) is 0 Å². The van der Waals surface area contributed by atoms with Crippen molar-refractivity contribution in [3.63, 3.8) is 0 Å². The molecule has 0 heterocycles. The van der Waals surface area contributed by atoms with E-state index in [1.54, 1.807) is 37.3 Å². The highest BCUT2D eigenvalue weighted by Crippen LogP contribution is 2.26. The first-order valence-corrected chi connectivity index (χ1v) is 7.24. The Morgan fingerprint density at radius 2 is 1.77 bits per heavy atom. The number of carbonyl (C=O) groups is 1. The van der Waals surface area contributed by atoms with E-state index >= 15 is 0 Å². The highest BCUT2D eigenvalue weighted by molar-refractivity contribution is 5.97. The lowest BCUT2D eigenvalue weighted by Crippen LogP contribution is -2.30. The normalized spacial score (nSPS) is 10.1. The number of amides is 1. The fourth-order valence-electron chi connectivity index (χ4n) is 2.28. The van der Waals surface area contributed by atoms with Crippen molar-refractivity contribution in [3.05, 3.63) is 59.7 Å². The standard InChI is InChI=1S/C18H21NO3/c1-4-19(13-14-8-6-5-7-9-14)18(20)16-11-10-15(21-2)12-17(16)22-3/h5-12H,4,13H2,1-3H3. The zero-order valence-electron chi connectivity index (χ0n) is 13.2. The summed E-state index contributed by atoms with van der Waals surface area (Å²) in [4.78, 5) is 14.6. The van der Waals surface area contributed by atoms with Crippen LogP contribution in [0.15, 0.2) is 48.5 Å². The maximum atomic E-state index is 12.8. The number of nitrogens with zero attached hydrogens (tertiary/aromatic N) is 1. The number of ether oxygens (including phenoxy) is 2. The maximum Gasteiger partial charge on any atom is 0.257 e. The summed E-state index contributed by atoms with van der Waals surface area (Å²) in [7, 11) is 3.14. The minimum Gasteiger partial charge on any atom is -0.497 e. The molecule has 0 aliphatic rings. The molecular formula is C18H21NO3. The number of hydrogen-bond donors (Lipinski definition) is 0. The third kappa shape index (κ3) is 3.58. The summed E-state index contributed by atoms with van der Waals surface area (Å²) in [6.45, 7) is 3.17.